The van der Waals surface area contributed by atoms with E-state index in [1.54, 1.807) is 0 Å². The molecule has 0 N–H and O–H groups in total. The van der Waals surface area contributed by atoms with Crippen LogP contribution in [0.15, 0.2) is 22.7 Å². The Balaban J connectivity index is 1.97. The number of likely N-dealkylation sites (tertiary alicyclic amines) is 1. The van der Waals surface area contributed by atoms with Crippen LogP contribution in [0.2, 0.25) is 5.02 Å². The average molecular weight is 309 g/mol. The summed E-state index contributed by atoms with van der Waals surface area (Å²) in [5, 5.41) is 0.794. The fraction of sp³-hybridized carbons (Fsp3) is 0.455. The minimum absolute atomic E-state index is 0.671. The summed E-state index contributed by atoms with van der Waals surface area (Å²) >= 11 is 15.3. The maximum Gasteiger partial charge on any atom is 0.0410 e. The molecule has 0 spiro atoms. The fourth-order valence-electron chi connectivity index (χ4n) is 1.81. The number of hydrogen-bond donors (Lipinski definition) is 0. The maximum atomic E-state index is 5.96. The molecule has 0 saturated carbocycles. The van der Waals surface area contributed by atoms with Gasteiger partial charge in [0.25, 0.3) is 0 Å². The van der Waals surface area contributed by atoms with E-state index in [4.69, 9.17) is 23.2 Å². The van der Waals surface area contributed by atoms with Crippen LogP contribution in [0, 0.1) is 5.92 Å². The number of hydrogen-bond acceptors (Lipinski definition) is 1. The first-order chi connectivity index (χ1) is 7.19. The van der Waals surface area contributed by atoms with Crippen LogP contribution in [0.4, 0.5) is 0 Å². The molecule has 1 heterocycles. The van der Waals surface area contributed by atoms with Gasteiger partial charge < -0.3 is 0 Å². The third-order valence-electron chi connectivity index (χ3n) is 2.65. The van der Waals surface area contributed by atoms with Crippen molar-refractivity contribution < 1.29 is 0 Å². The highest BCUT2D eigenvalue weighted by molar-refractivity contribution is 9.10. The van der Waals surface area contributed by atoms with E-state index < -0.39 is 0 Å². The first kappa shape index (κ1) is 11.7. The van der Waals surface area contributed by atoms with Gasteiger partial charge >= 0.3 is 0 Å². The number of alkyl halides is 1. The van der Waals surface area contributed by atoms with Crippen molar-refractivity contribution in [3.05, 3.63) is 33.3 Å². The first-order valence-electron chi connectivity index (χ1n) is 4.91. The molecule has 1 nitrogen and oxygen atoms in total. The molecule has 82 valence electrons. The van der Waals surface area contributed by atoms with Crippen LogP contribution < -0.4 is 0 Å². The smallest absolute Gasteiger partial charge is 0.0410 e. The van der Waals surface area contributed by atoms with Crippen LogP contribution in [0.5, 0.6) is 0 Å². The lowest BCUT2D eigenvalue weighted by Crippen LogP contribution is -2.46. The maximum absolute atomic E-state index is 5.96. The highest BCUT2D eigenvalue weighted by atomic mass is 79.9. The molecule has 1 saturated heterocycles. The zero-order valence-electron chi connectivity index (χ0n) is 8.22. The molecule has 0 aromatic heterocycles. The highest BCUT2D eigenvalue weighted by Crippen LogP contribution is 2.26. The largest absolute Gasteiger partial charge is 0.298 e. The van der Waals surface area contributed by atoms with Crippen LogP contribution in [0.3, 0.4) is 0 Å². The summed E-state index contributed by atoms with van der Waals surface area (Å²) in [6, 6.07) is 5.91. The second-order valence-electron chi connectivity index (χ2n) is 3.95. The number of halogens is 3. The van der Waals surface area contributed by atoms with Gasteiger partial charge in [0.05, 0.1) is 0 Å². The number of rotatable bonds is 3. The Labute approximate surface area is 108 Å². The molecule has 0 radical (unpaired) electrons. The van der Waals surface area contributed by atoms with E-state index in [9.17, 15) is 0 Å². The van der Waals surface area contributed by atoms with Crippen molar-refractivity contribution in [3.8, 4) is 0 Å². The second kappa shape index (κ2) is 5.05. The molecule has 15 heavy (non-hydrogen) atoms. The van der Waals surface area contributed by atoms with Crippen LogP contribution in [0.25, 0.3) is 0 Å². The van der Waals surface area contributed by atoms with Gasteiger partial charge in [-0.15, -0.1) is 11.6 Å². The third kappa shape index (κ3) is 2.88. The SMILES string of the molecule is ClCC1CN(Cc2cc(Cl)ccc2Br)C1. The Bertz CT molecular complexity index is 350. The Kier molecular flexibility index (Phi) is 3.94. The standard InChI is InChI=1S/C11H12BrCl2N/c12-11-2-1-10(14)3-9(11)7-15-5-8(4-13)6-15/h1-3,8H,4-7H2. The molecule has 1 aromatic carbocycles. The summed E-state index contributed by atoms with van der Waals surface area (Å²) in [6.45, 7) is 3.15. The predicted molar refractivity (Wildman–Crippen MR) is 68.6 cm³/mol. The fourth-order valence-corrected chi connectivity index (χ4v) is 2.57. The first-order valence-corrected chi connectivity index (χ1v) is 6.62. The molecule has 0 aliphatic carbocycles. The van der Waals surface area contributed by atoms with E-state index in [-0.39, 0.29) is 0 Å². The van der Waals surface area contributed by atoms with Gasteiger partial charge in [0.1, 0.15) is 0 Å². The average Bonchev–Trinajstić information content (AvgIpc) is 2.16. The van der Waals surface area contributed by atoms with Crippen molar-refractivity contribution in [1.29, 1.82) is 0 Å². The van der Waals surface area contributed by atoms with Crippen molar-refractivity contribution in [2.45, 2.75) is 6.54 Å². The predicted octanol–water partition coefficient (Wildman–Crippen LogP) is 3.77. The summed E-state index contributed by atoms with van der Waals surface area (Å²) in [4.78, 5) is 2.38. The lowest BCUT2D eigenvalue weighted by Gasteiger charge is -2.38. The van der Waals surface area contributed by atoms with Gasteiger partial charge in [0, 0.05) is 35.0 Å². The normalized spacial score (nSPS) is 17.8. The molecule has 1 aliphatic heterocycles. The van der Waals surface area contributed by atoms with Gasteiger partial charge in [-0.3, -0.25) is 4.90 Å². The summed E-state index contributed by atoms with van der Waals surface area (Å²) in [7, 11) is 0. The minimum atomic E-state index is 0.671. The van der Waals surface area contributed by atoms with Gasteiger partial charge in [0.15, 0.2) is 0 Å². The van der Waals surface area contributed by atoms with Crippen LogP contribution in [-0.2, 0) is 6.54 Å². The van der Waals surface area contributed by atoms with Crippen LogP contribution in [-0.4, -0.2) is 23.9 Å². The van der Waals surface area contributed by atoms with Crippen molar-refractivity contribution in [3.63, 3.8) is 0 Å². The van der Waals surface area contributed by atoms with Crippen molar-refractivity contribution in [2.75, 3.05) is 19.0 Å². The molecular weight excluding hydrogens is 297 g/mol. The number of nitrogens with zero attached hydrogens (tertiary/aromatic N) is 1. The second-order valence-corrected chi connectivity index (χ2v) is 5.55. The van der Waals surface area contributed by atoms with Crippen molar-refractivity contribution in [1.82, 2.24) is 4.90 Å². The minimum Gasteiger partial charge on any atom is -0.298 e. The molecule has 0 bridgehead atoms. The Morgan fingerprint density at radius 3 is 2.80 bits per heavy atom. The Hall–Kier alpha value is 0.240. The Morgan fingerprint density at radius 1 is 1.40 bits per heavy atom. The highest BCUT2D eigenvalue weighted by Gasteiger charge is 2.25. The molecular formula is C11H12BrCl2N. The summed E-state index contributed by atoms with van der Waals surface area (Å²) in [5.41, 5.74) is 1.25. The van der Waals surface area contributed by atoms with Gasteiger partial charge in [-0.2, -0.15) is 0 Å². The van der Waals surface area contributed by atoms with Gasteiger partial charge in [-0.05, 0) is 29.7 Å². The molecule has 2 rings (SSSR count). The van der Waals surface area contributed by atoms with Gasteiger partial charge in [-0.1, -0.05) is 27.5 Å². The molecule has 1 aromatic rings. The van der Waals surface area contributed by atoms with E-state index in [2.05, 4.69) is 20.8 Å². The zero-order chi connectivity index (χ0) is 10.8. The van der Waals surface area contributed by atoms with E-state index in [1.165, 1.54) is 5.56 Å². The van der Waals surface area contributed by atoms with Gasteiger partial charge in [0.2, 0.25) is 0 Å². The molecule has 0 atom stereocenters. The summed E-state index contributed by atoms with van der Waals surface area (Å²) in [6.07, 6.45) is 0. The topological polar surface area (TPSA) is 3.24 Å². The van der Waals surface area contributed by atoms with Crippen molar-refractivity contribution >= 4 is 39.1 Å². The Morgan fingerprint density at radius 2 is 2.13 bits per heavy atom. The monoisotopic (exact) mass is 307 g/mol. The molecule has 1 aliphatic rings. The van der Waals surface area contributed by atoms with Gasteiger partial charge in [-0.25, -0.2) is 0 Å². The summed E-state index contributed by atoms with van der Waals surface area (Å²) < 4.78 is 1.13. The van der Waals surface area contributed by atoms with Crippen molar-refractivity contribution in [2.24, 2.45) is 5.92 Å². The molecule has 4 heteroatoms. The van der Waals surface area contributed by atoms with E-state index >= 15 is 0 Å². The molecule has 1 fully saturated rings. The lowest BCUT2D eigenvalue weighted by atomic mass is 10.0. The van der Waals surface area contributed by atoms with E-state index in [0.29, 0.717) is 5.92 Å². The molecule has 0 unspecified atom stereocenters. The van der Waals surface area contributed by atoms with Crippen LogP contribution in [0.1, 0.15) is 5.56 Å². The van der Waals surface area contributed by atoms with E-state index in [0.717, 1.165) is 35.0 Å². The zero-order valence-corrected chi connectivity index (χ0v) is 11.3. The van der Waals surface area contributed by atoms with Crippen LogP contribution >= 0.6 is 39.1 Å². The van der Waals surface area contributed by atoms with E-state index in [1.807, 2.05) is 18.2 Å². The lowest BCUT2D eigenvalue weighted by molar-refractivity contribution is 0.107. The quantitative estimate of drug-likeness (QED) is 0.768. The molecule has 0 amide bonds. The third-order valence-corrected chi connectivity index (χ3v) is 4.10. The number of benzene rings is 1. The summed E-state index contributed by atoms with van der Waals surface area (Å²) in [5.74, 6) is 1.44.